The summed E-state index contributed by atoms with van der Waals surface area (Å²) >= 11 is 0. The fourth-order valence-corrected chi connectivity index (χ4v) is 5.99. The summed E-state index contributed by atoms with van der Waals surface area (Å²) in [5, 5.41) is 15.5. The van der Waals surface area contributed by atoms with Gasteiger partial charge in [0, 0.05) is 50.2 Å². The smallest absolute Gasteiger partial charge is 0.335 e. The number of aryl methyl sites for hydroxylation is 1. The maximum absolute atomic E-state index is 13.1. The first-order valence-electron chi connectivity index (χ1n) is 15.9. The van der Waals surface area contributed by atoms with Gasteiger partial charge < -0.3 is 25.5 Å². The van der Waals surface area contributed by atoms with Gasteiger partial charge >= 0.3 is 5.97 Å². The molecule has 1 fully saturated rings. The van der Waals surface area contributed by atoms with Crippen molar-refractivity contribution in [1.82, 2.24) is 9.80 Å². The lowest BCUT2D eigenvalue weighted by Gasteiger charge is -2.32. The lowest BCUT2D eigenvalue weighted by Crippen LogP contribution is -2.48. The molecule has 2 amide bonds. The number of benzene rings is 4. The van der Waals surface area contributed by atoms with Gasteiger partial charge in [-0.2, -0.15) is 8.42 Å². The number of fused-ring (bicyclic) bond motifs is 1. The zero-order chi connectivity index (χ0) is 36.0. The Labute approximate surface area is 291 Å². The number of hydrogen-bond acceptors (Lipinski definition) is 8. The van der Waals surface area contributed by atoms with Crippen LogP contribution in [0.4, 0.5) is 17.1 Å². The van der Waals surface area contributed by atoms with Crippen molar-refractivity contribution in [3.8, 4) is 0 Å². The second kappa shape index (κ2) is 15.5. The van der Waals surface area contributed by atoms with Crippen LogP contribution in [0.5, 0.6) is 0 Å². The Balaban J connectivity index is 0.000000377. The first kappa shape index (κ1) is 36.0. The standard InChI is InChI=1S/C30H31N5O4.C7H8O3S/c1-33-14-16-35(17-15-33)19-26(36)34(2)23-11-9-22(10-12-23)31-28(20-6-4-3-5-7-20)27-24-13-8-21(30(38)39)18-25(24)32-29(27)37;1-6-2-4-7(5-3-6)11(8,9)10/h3-13,18,31H,14-17,19H2,1-2H3,(H,32,37)(H,38,39);2-5H,1H3,(H,8,9,10)/b28-27-;. The van der Waals surface area contributed by atoms with Gasteiger partial charge in [-0.15, -0.1) is 0 Å². The van der Waals surface area contributed by atoms with Crippen molar-refractivity contribution in [2.24, 2.45) is 0 Å². The number of likely N-dealkylation sites (N-methyl/N-ethyl adjacent to an activating group) is 2. The van der Waals surface area contributed by atoms with Crippen LogP contribution in [0.3, 0.4) is 0 Å². The highest BCUT2D eigenvalue weighted by Gasteiger charge is 2.29. The maximum atomic E-state index is 13.1. The van der Waals surface area contributed by atoms with Gasteiger partial charge in [0.15, 0.2) is 0 Å². The minimum absolute atomic E-state index is 0.0346. The van der Waals surface area contributed by atoms with E-state index in [1.165, 1.54) is 24.3 Å². The number of piperazine rings is 1. The monoisotopic (exact) mass is 697 g/mol. The van der Waals surface area contributed by atoms with Crippen LogP contribution in [-0.2, 0) is 19.7 Å². The number of nitrogens with zero attached hydrogens (tertiary/aromatic N) is 3. The maximum Gasteiger partial charge on any atom is 0.335 e. The fourth-order valence-electron chi connectivity index (χ4n) is 5.51. The second-order valence-electron chi connectivity index (χ2n) is 12.1. The van der Waals surface area contributed by atoms with Gasteiger partial charge in [-0.25, -0.2) is 4.79 Å². The van der Waals surface area contributed by atoms with Gasteiger partial charge in [-0.1, -0.05) is 54.1 Å². The van der Waals surface area contributed by atoms with E-state index in [0.717, 1.165) is 48.7 Å². The second-order valence-corrected chi connectivity index (χ2v) is 13.5. The SMILES string of the molecule is CN1CCN(CC(=O)N(C)c2ccc(N/C(=C3\C(=O)Nc4cc(C(=O)O)ccc43)c3ccccc3)cc2)CC1.Cc1ccc(S(=O)(=O)O)cc1. The Morgan fingerprint density at radius 2 is 1.52 bits per heavy atom. The molecule has 6 rings (SSSR count). The van der Waals surface area contributed by atoms with Crippen LogP contribution in [0.1, 0.15) is 27.0 Å². The molecule has 2 aliphatic heterocycles. The molecule has 0 radical (unpaired) electrons. The molecule has 12 nitrogen and oxygen atoms in total. The molecule has 0 saturated carbocycles. The van der Waals surface area contributed by atoms with E-state index in [4.69, 9.17) is 4.55 Å². The van der Waals surface area contributed by atoms with Crippen LogP contribution in [0, 0.1) is 6.92 Å². The minimum Gasteiger partial charge on any atom is -0.478 e. The number of anilines is 3. The Morgan fingerprint density at radius 3 is 2.12 bits per heavy atom. The van der Waals surface area contributed by atoms with Gasteiger partial charge in [0.25, 0.3) is 16.0 Å². The molecule has 0 atom stereocenters. The van der Waals surface area contributed by atoms with Crippen LogP contribution in [0.2, 0.25) is 0 Å². The lowest BCUT2D eigenvalue weighted by molar-refractivity contribution is -0.119. The molecule has 0 bridgehead atoms. The molecule has 2 aliphatic rings. The number of rotatable bonds is 8. The largest absolute Gasteiger partial charge is 0.478 e. The highest BCUT2D eigenvalue weighted by molar-refractivity contribution is 7.85. The zero-order valence-electron chi connectivity index (χ0n) is 28.0. The van der Waals surface area contributed by atoms with E-state index in [-0.39, 0.29) is 22.3 Å². The third kappa shape index (κ3) is 8.81. The molecule has 50 heavy (non-hydrogen) atoms. The minimum atomic E-state index is -4.02. The zero-order valence-corrected chi connectivity index (χ0v) is 28.8. The summed E-state index contributed by atoms with van der Waals surface area (Å²) in [4.78, 5) is 43.5. The van der Waals surface area contributed by atoms with Crippen LogP contribution < -0.4 is 15.5 Å². The first-order chi connectivity index (χ1) is 23.8. The van der Waals surface area contributed by atoms with Gasteiger partial charge in [0.05, 0.1) is 34.0 Å². The summed E-state index contributed by atoms with van der Waals surface area (Å²) in [6.45, 7) is 5.90. The molecule has 4 aromatic carbocycles. The molecule has 0 aliphatic carbocycles. The Hall–Kier alpha value is -5.34. The Bertz CT molecular complexity index is 2010. The summed E-state index contributed by atoms with van der Waals surface area (Å²) in [5.41, 5.74) is 5.50. The quantitative estimate of drug-likeness (QED) is 0.149. The van der Waals surface area contributed by atoms with Gasteiger partial charge in [-0.3, -0.25) is 19.0 Å². The van der Waals surface area contributed by atoms with Gasteiger partial charge in [0.2, 0.25) is 5.91 Å². The average Bonchev–Trinajstić information content (AvgIpc) is 3.43. The van der Waals surface area contributed by atoms with Crippen molar-refractivity contribution in [2.45, 2.75) is 11.8 Å². The van der Waals surface area contributed by atoms with E-state index < -0.39 is 16.1 Å². The Morgan fingerprint density at radius 1 is 0.880 bits per heavy atom. The van der Waals surface area contributed by atoms with E-state index in [2.05, 4.69) is 27.5 Å². The van der Waals surface area contributed by atoms with Crippen molar-refractivity contribution >= 4 is 56.2 Å². The lowest BCUT2D eigenvalue weighted by atomic mass is 9.99. The number of amides is 2. The van der Waals surface area contributed by atoms with E-state index in [0.29, 0.717) is 29.1 Å². The molecule has 13 heteroatoms. The molecule has 4 N–H and O–H groups in total. The molecule has 260 valence electrons. The summed E-state index contributed by atoms with van der Waals surface area (Å²) in [6, 6.07) is 27.6. The first-order valence-corrected chi connectivity index (χ1v) is 17.3. The molecule has 4 aromatic rings. The van der Waals surface area contributed by atoms with E-state index in [1.54, 1.807) is 30.1 Å². The van der Waals surface area contributed by atoms with Crippen LogP contribution in [0.15, 0.2) is 102 Å². The van der Waals surface area contributed by atoms with Gasteiger partial charge in [-0.05, 0) is 68.1 Å². The topological polar surface area (TPSA) is 160 Å². The third-order valence-electron chi connectivity index (χ3n) is 8.50. The molecular formula is C37H39N5O7S. The van der Waals surface area contributed by atoms with Crippen molar-refractivity contribution in [3.63, 3.8) is 0 Å². The number of nitrogens with one attached hydrogen (secondary N) is 2. The fraction of sp³-hybridized carbons (Fsp3) is 0.216. The average molecular weight is 698 g/mol. The molecule has 0 unspecified atom stereocenters. The number of aromatic carboxylic acids is 1. The summed E-state index contributed by atoms with van der Waals surface area (Å²) in [6.07, 6.45) is 0. The van der Waals surface area contributed by atoms with Crippen molar-refractivity contribution < 1.29 is 32.5 Å². The van der Waals surface area contributed by atoms with Crippen molar-refractivity contribution in [3.05, 3.63) is 119 Å². The van der Waals surface area contributed by atoms with Crippen molar-refractivity contribution in [2.75, 3.05) is 62.4 Å². The Kier molecular flexibility index (Phi) is 11.1. The van der Waals surface area contributed by atoms with E-state index in [9.17, 15) is 27.9 Å². The normalized spacial score (nSPS) is 15.6. The predicted molar refractivity (Wildman–Crippen MR) is 194 cm³/mol. The van der Waals surface area contributed by atoms with Crippen LogP contribution in [0.25, 0.3) is 11.3 Å². The van der Waals surface area contributed by atoms with E-state index in [1.807, 2.05) is 61.5 Å². The molecular weight excluding hydrogens is 659 g/mol. The molecule has 0 aromatic heterocycles. The molecule has 1 saturated heterocycles. The predicted octanol–water partition coefficient (Wildman–Crippen LogP) is 4.77. The van der Waals surface area contributed by atoms with Gasteiger partial charge in [0.1, 0.15) is 0 Å². The van der Waals surface area contributed by atoms with Crippen LogP contribution >= 0.6 is 0 Å². The highest BCUT2D eigenvalue weighted by Crippen LogP contribution is 2.38. The number of carbonyl (C=O) groups is 3. The molecule has 2 heterocycles. The molecule has 0 spiro atoms. The third-order valence-corrected chi connectivity index (χ3v) is 9.36. The number of hydrogen-bond donors (Lipinski definition) is 4. The highest BCUT2D eigenvalue weighted by atomic mass is 32.2. The van der Waals surface area contributed by atoms with E-state index >= 15 is 0 Å². The van der Waals surface area contributed by atoms with Crippen LogP contribution in [-0.4, -0.2) is 92.5 Å². The summed E-state index contributed by atoms with van der Waals surface area (Å²) < 4.78 is 29.6. The summed E-state index contributed by atoms with van der Waals surface area (Å²) in [7, 11) is -0.148. The number of carboxylic acid groups (broad SMARTS) is 1. The van der Waals surface area contributed by atoms with Crippen molar-refractivity contribution in [1.29, 1.82) is 0 Å². The number of carbonyl (C=O) groups excluding carboxylic acids is 2. The summed E-state index contributed by atoms with van der Waals surface area (Å²) in [5.74, 6) is -1.34. The number of carboxylic acids is 1.